The largest absolute Gasteiger partial charge is 0.482 e. The van der Waals surface area contributed by atoms with E-state index in [4.69, 9.17) is 14.2 Å². The van der Waals surface area contributed by atoms with Crippen molar-refractivity contribution in [3.63, 3.8) is 0 Å². The van der Waals surface area contributed by atoms with E-state index in [0.29, 0.717) is 11.5 Å². The summed E-state index contributed by atoms with van der Waals surface area (Å²) in [5.41, 5.74) is 0. The van der Waals surface area contributed by atoms with E-state index in [0.717, 1.165) is 0 Å². The maximum absolute atomic E-state index is 11.9. The summed E-state index contributed by atoms with van der Waals surface area (Å²) in [5, 5.41) is 0. The van der Waals surface area contributed by atoms with E-state index in [1.54, 1.807) is 39.2 Å². The van der Waals surface area contributed by atoms with Gasteiger partial charge in [-0.05, 0) is 19.1 Å². The topological polar surface area (TPSA) is 65.1 Å². The Morgan fingerprint density at radius 2 is 1.80 bits per heavy atom. The van der Waals surface area contributed by atoms with E-state index in [-0.39, 0.29) is 12.5 Å². The maximum atomic E-state index is 11.9. The number of amides is 1. The quantitative estimate of drug-likeness (QED) is 0.767. The summed E-state index contributed by atoms with van der Waals surface area (Å²) in [4.78, 5) is 24.7. The highest BCUT2D eigenvalue weighted by molar-refractivity contribution is 5.82. The summed E-state index contributed by atoms with van der Waals surface area (Å²) in [5.74, 6) is 0.185. The van der Waals surface area contributed by atoms with Crippen LogP contribution in [0.5, 0.6) is 11.5 Å². The average molecular weight is 279 g/mol. The van der Waals surface area contributed by atoms with Crippen molar-refractivity contribution in [2.75, 3.05) is 20.7 Å². The third-order valence-corrected chi connectivity index (χ3v) is 2.91. The number of benzene rings is 1. The molecule has 0 fully saturated rings. The number of ether oxygens (including phenoxy) is 3. The Kier molecular flexibility index (Phi) is 4.12. The molecular formula is C14H17NO5. The Hall–Kier alpha value is -2.24. The van der Waals surface area contributed by atoms with Crippen LogP contribution in [0.2, 0.25) is 0 Å². The van der Waals surface area contributed by atoms with Gasteiger partial charge in [0.05, 0.1) is 0 Å². The molecule has 1 heterocycles. The molecule has 2 atom stereocenters. The van der Waals surface area contributed by atoms with Crippen molar-refractivity contribution in [3.8, 4) is 11.5 Å². The number of para-hydroxylation sites is 2. The van der Waals surface area contributed by atoms with Gasteiger partial charge < -0.3 is 19.1 Å². The van der Waals surface area contributed by atoms with Crippen LogP contribution >= 0.6 is 0 Å². The molecule has 1 aliphatic heterocycles. The second kappa shape index (κ2) is 5.81. The summed E-state index contributed by atoms with van der Waals surface area (Å²) in [6, 6.07) is 7.09. The highest BCUT2D eigenvalue weighted by Gasteiger charge is 2.35. The monoisotopic (exact) mass is 279 g/mol. The van der Waals surface area contributed by atoms with E-state index in [2.05, 4.69) is 0 Å². The van der Waals surface area contributed by atoms with E-state index < -0.39 is 18.2 Å². The summed E-state index contributed by atoms with van der Waals surface area (Å²) in [6.07, 6.45) is -1.35. The lowest BCUT2D eigenvalue weighted by Crippen LogP contribution is -2.45. The van der Waals surface area contributed by atoms with E-state index >= 15 is 0 Å². The lowest BCUT2D eigenvalue weighted by molar-refractivity contribution is -0.162. The molecule has 0 N–H and O–H groups in total. The Morgan fingerprint density at radius 3 is 2.40 bits per heavy atom. The van der Waals surface area contributed by atoms with Crippen LogP contribution in [0.4, 0.5) is 0 Å². The standard InChI is InChI=1S/C14H17NO5/c1-9-13(14(17)18-8-12(16)15(2)3)20-11-7-5-4-6-10(11)19-9/h4-7,9,13H,8H2,1-3H3/t9-,13+/m1/s1. The van der Waals surface area contributed by atoms with Gasteiger partial charge in [-0.1, -0.05) is 12.1 Å². The number of carbonyl (C=O) groups is 2. The van der Waals surface area contributed by atoms with E-state index in [1.807, 2.05) is 6.07 Å². The van der Waals surface area contributed by atoms with Gasteiger partial charge in [0.25, 0.3) is 5.91 Å². The molecule has 6 nitrogen and oxygen atoms in total. The molecule has 6 heteroatoms. The molecule has 0 unspecified atom stereocenters. The van der Waals surface area contributed by atoms with Crippen molar-refractivity contribution >= 4 is 11.9 Å². The molecule has 0 aromatic heterocycles. The minimum Gasteiger partial charge on any atom is -0.482 e. The number of fused-ring (bicyclic) bond motifs is 1. The number of likely N-dealkylation sites (N-methyl/N-ethyl adjacent to an activating group) is 1. The molecule has 0 saturated heterocycles. The maximum Gasteiger partial charge on any atom is 0.351 e. The molecule has 20 heavy (non-hydrogen) atoms. The molecule has 1 aliphatic rings. The van der Waals surface area contributed by atoms with Gasteiger partial charge >= 0.3 is 5.97 Å². The molecule has 2 rings (SSSR count). The third-order valence-electron chi connectivity index (χ3n) is 2.91. The smallest absolute Gasteiger partial charge is 0.351 e. The van der Waals surface area contributed by atoms with E-state index in [1.165, 1.54) is 4.90 Å². The number of esters is 1. The Labute approximate surface area is 117 Å². The predicted molar refractivity (Wildman–Crippen MR) is 70.6 cm³/mol. The van der Waals surface area contributed by atoms with Crippen LogP contribution in [0.15, 0.2) is 24.3 Å². The Morgan fingerprint density at radius 1 is 1.20 bits per heavy atom. The molecule has 0 radical (unpaired) electrons. The van der Waals surface area contributed by atoms with Gasteiger partial charge in [0.2, 0.25) is 6.10 Å². The minimum absolute atomic E-state index is 0.289. The van der Waals surface area contributed by atoms with Crippen LogP contribution in [0.3, 0.4) is 0 Å². The molecule has 0 aliphatic carbocycles. The molecule has 108 valence electrons. The average Bonchev–Trinajstić information content (AvgIpc) is 2.43. The first kappa shape index (κ1) is 14.2. The number of carbonyl (C=O) groups excluding carboxylic acids is 2. The fourth-order valence-corrected chi connectivity index (χ4v) is 1.72. The van der Waals surface area contributed by atoms with Crippen molar-refractivity contribution in [1.82, 2.24) is 4.90 Å². The zero-order valence-corrected chi connectivity index (χ0v) is 11.7. The third kappa shape index (κ3) is 3.01. The van der Waals surface area contributed by atoms with Gasteiger partial charge in [0, 0.05) is 14.1 Å². The molecule has 1 aromatic rings. The van der Waals surface area contributed by atoms with Crippen LogP contribution in [0, 0.1) is 0 Å². The first-order chi connectivity index (χ1) is 9.49. The molecule has 0 saturated carbocycles. The summed E-state index contributed by atoms with van der Waals surface area (Å²) in [6.45, 7) is 1.41. The summed E-state index contributed by atoms with van der Waals surface area (Å²) < 4.78 is 16.1. The van der Waals surface area contributed by atoms with Gasteiger partial charge in [-0.15, -0.1) is 0 Å². The lowest BCUT2D eigenvalue weighted by atomic mass is 10.2. The number of rotatable bonds is 3. The zero-order chi connectivity index (χ0) is 14.7. The zero-order valence-electron chi connectivity index (χ0n) is 11.7. The number of hydrogen-bond donors (Lipinski definition) is 0. The second-order valence-corrected chi connectivity index (χ2v) is 4.70. The van der Waals surface area contributed by atoms with Crippen molar-refractivity contribution in [2.45, 2.75) is 19.1 Å². The van der Waals surface area contributed by atoms with Gasteiger partial charge in [-0.3, -0.25) is 4.79 Å². The van der Waals surface area contributed by atoms with Crippen LogP contribution in [0.1, 0.15) is 6.92 Å². The molecule has 1 amide bonds. The Bertz CT molecular complexity index is 514. The van der Waals surface area contributed by atoms with Crippen molar-refractivity contribution < 1.29 is 23.8 Å². The van der Waals surface area contributed by atoms with Crippen molar-refractivity contribution in [1.29, 1.82) is 0 Å². The number of hydrogen-bond acceptors (Lipinski definition) is 5. The van der Waals surface area contributed by atoms with Crippen molar-refractivity contribution in [2.24, 2.45) is 0 Å². The molecular weight excluding hydrogens is 262 g/mol. The second-order valence-electron chi connectivity index (χ2n) is 4.70. The SMILES string of the molecule is C[C@H]1Oc2ccccc2O[C@@H]1C(=O)OCC(=O)N(C)C. The van der Waals surface area contributed by atoms with Crippen LogP contribution in [0.25, 0.3) is 0 Å². The first-order valence-corrected chi connectivity index (χ1v) is 6.28. The highest BCUT2D eigenvalue weighted by Crippen LogP contribution is 2.33. The summed E-state index contributed by atoms with van der Waals surface area (Å²) in [7, 11) is 3.19. The lowest BCUT2D eigenvalue weighted by Gasteiger charge is -2.30. The van der Waals surface area contributed by atoms with Gasteiger partial charge in [0.1, 0.15) is 6.10 Å². The van der Waals surface area contributed by atoms with Crippen molar-refractivity contribution in [3.05, 3.63) is 24.3 Å². The van der Waals surface area contributed by atoms with Gasteiger partial charge in [0.15, 0.2) is 18.1 Å². The molecule has 0 spiro atoms. The fraction of sp³-hybridized carbons (Fsp3) is 0.429. The van der Waals surface area contributed by atoms with Crippen LogP contribution < -0.4 is 9.47 Å². The van der Waals surface area contributed by atoms with Gasteiger partial charge in [-0.2, -0.15) is 0 Å². The Balaban J connectivity index is 1.99. The minimum atomic E-state index is -0.875. The summed E-state index contributed by atoms with van der Waals surface area (Å²) >= 11 is 0. The first-order valence-electron chi connectivity index (χ1n) is 6.28. The molecule has 0 bridgehead atoms. The van der Waals surface area contributed by atoms with Crippen LogP contribution in [-0.2, 0) is 14.3 Å². The number of nitrogens with zero attached hydrogens (tertiary/aromatic N) is 1. The van der Waals surface area contributed by atoms with Crippen LogP contribution in [-0.4, -0.2) is 49.7 Å². The predicted octanol–water partition coefficient (Wildman–Crippen LogP) is 0.846. The fourth-order valence-electron chi connectivity index (χ4n) is 1.72. The highest BCUT2D eigenvalue weighted by atomic mass is 16.6. The molecule has 1 aromatic carbocycles. The normalized spacial score (nSPS) is 20.1. The van der Waals surface area contributed by atoms with Gasteiger partial charge in [-0.25, -0.2) is 4.79 Å². The van der Waals surface area contributed by atoms with E-state index in [9.17, 15) is 9.59 Å².